The summed E-state index contributed by atoms with van der Waals surface area (Å²) in [5, 5.41) is 12.7. The molecule has 4 rings (SSSR count). The summed E-state index contributed by atoms with van der Waals surface area (Å²) in [5.41, 5.74) is 1.65. The lowest BCUT2D eigenvalue weighted by Crippen LogP contribution is -2.15. The van der Waals surface area contributed by atoms with Crippen molar-refractivity contribution in [3.8, 4) is 0 Å². The monoisotopic (exact) mass is 491 g/mol. The van der Waals surface area contributed by atoms with Gasteiger partial charge in [-0.2, -0.15) is 0 Å². The number of rotatable bonds is 7. The summed E-state index contributed by atoms with van der Waals surface area (Å²) in [6, 6.07) is 26.3. The number of carbonyl (C=O) groups is 2. The Morgan fingerprint density at radius 1 is 0.765 bits per heavy atom. The summed E-state index contributed by atoms with van der Waals surface area (Å²) in [6.07, 6.45) is 0. The topological polar surface area (TPSA) is 118 Å². The molecule has 0 fully saturated rings. The van der Waals surface area contributed by atoms with Crippen molar-refractivity contribution < 1.29 is 18.0 Å². The number of amides is 2. The molecule has 9 heteroatoms. The van der Waals surface area contributed by atoms with Gasteiger partial charge in [0, 0.05) is 21.8 Å². The SMILES string of the molecule is NS(=O)(=O)c1ccc(NC(=O)CSc2cccc(NC(=O)c3ccc4ccccc4c3)c2)cc1. The Morgan fingerprint density at radius 3 is 2.24 bits per heavy atom. The number of nitrogens with two attached hydrogens (primary N) is 1. The van der Waals surface area contributed by atoms with Crippen molar-refractivity contribution in [2.75, 3.05) is 16.4 Å². The van der Waals surface area contributed by atoms with E-state index in [4.69, 9.17) is 5.14 Å². The first-order valence-electron chi connectivity index (χ1n) is 10.2. The number of benzene rings is 4. The zero-order valence-electron chi connectivity index (χ0n) is 17.9. The molecule has 0 atom stereocenters. The van der Waals surface area contributed by atoms with Crippen molar-refractivity contribution >= 4 is 55.7 Å². The molecule has 0 aliphatic heterocycles. The molecule has 0 spiro atoms. The zero-order valence-corrected chi connectivity index (χ0v) is 19.5. The van der Waals surface area contributed by atoms with Gasteiger partial charge in [-0.1, -0.05) is 36.4 Å². The van der Waals surface area contributed by atoms with E-state index in [0.717, 1.165) is 15.7 Å². The summed E-state index contributed by atoms with van der Waals surface area (Å²) in [4.78, 5) is 25.8. The Balaban J connectivity index is 1.34. The van der Waals surface area contributed by atoms with E-state index in [0.29, 0.717) is 16.9 Å². The molecule has 4 aromatic rings. The second-order valence-corrected chi connectivity index (χ2v) is 10.1. The summed E-state index contributed by atoms with van der Waals surface area (Å²) >= 11 is 1.31. The van der Waals surface area contributed by atoms with Crippen LogP contribution < -0.4 is 15.8 Å². The predicted octanol–water partition coefficient (Wildman–Crippen LogP) is 4.47. The molecule has 7 nitrogen and oxygen atoms in total. The van der Waals surface area contributed by atoms with E-state index < -0.39 is 10.0 Å². The van der Waals surface area contributed by atoms with Crippen LogP contribution >= 0.6 is 11.8 Å². The van der Waals surface area contributed by atoms with Crippen LogP contribution in [0.5, 0.6) is 0 Å². The largest absolute Gasteiger partial charge is 0.325 e. The lowest BCUT2D eigenvalue weighted by molar-refractivity contribution is -0.113. The number of primary sulfonamides is 1. The molecule has 0 aromatic heterocycles. The number of nitrogens with one attached hydrogen (secondary N) is 2. The van der Waals surface area contributed by atoms with Crippen molar-refractivity contribution in [1.82, 2.24) is 0 Å². The van der Waals surface area contributed by atoms with E-state index in [2.05, 4.69) is 10.6 Å². The lowest BCUT2D eigenvalue weighted by Gasteiger charge is -2.09. The second-order valence-electron chi connectivity index (χ2n) is 7.45. The van der Waals surface area contributed by atoms with Crippen molar-refractivity contribution in [1.29, 1.82) is 0 Å². The smallest absolute Gasteiger partial charge is 0.255 e. The van der Waals surface area contributed by atoms with Gasteiger partial charge in [0.1, 0.15) is 0 Å². The average molecular weight is 492 g/mol. The highest BCUT2D eigenvalue weighted by Gasteiger charge is 2.10. The van der Waals surface area contributed by atoms with Gasteiger partial charge in [-0.05, 0) is 65.4 Å². The Labute approximate surface area is 201 Å². The minimum Gasteiger partial charge on any atom is -0.325 e. The molecule has 0 saturated carbocycles. The van der Waals surface area contributed by atoms with Gasteiger partial charge in [0.25, 0.3) is 5.91 Å². The fraction of sp³-hybridized carbons (Fsp3) is 0.0400. The number of anilines is 2. The summed E-state index contributed by atoms with van der Waals surface area (Å²) in [7, 11) is -3.78. The second kappa shape index (κ2) is 10.1. The van der Waals surface area contributed by atoms with Crippen LogP contribution in [-0.4, -0.2) is 26.0 Å². The molecule has 0 radical (unpaired) electrons. The quantitative estimate of drug-likeness (QED) is 0.330. The van der Waals surface area contributed by atoms with Crippen LogP contribution in [0.3, 0.4) is 0 Å². The van der Waals surface area contributed by atoms with E-state index in [1.807, 2.05) is 48.5 Å². The van der Waals surface area contributed by atoms with E-state index in [9.17, 15) is 18.0 Å². The van der Waals surface area contributed by atoms with Crippen LogP contribution in [0.4, 0.5) is 11.4 Å². The van der Waals surface area contributed by atoms with Crippen LogP contribution in [0.1, 0.15) is 10.4 Å². The molecule has 0 heterocycles. The van der Waals surface area contributed by atoms with Gasteiger partial charge in [-0.3, -0.25) is 9.59 Å². The van der Waals surface area contributed by atoms with Gasteiger partial charge >= 0.3 is 0 Å². The Morgan fingerprint density at radius 2 is 1.50 bits per heavy atom. The molecule has 0 unspecified atom stereocenters. The standard InChI is InChI=1S/C25H21N3O4S2/c26-34(31,32)23-12-10-20(11-13-23)27-24(29)16-33-22-7-3-6-21(15-22)28-25(30)19-9-8-17-4-1-2-5-18(17)14-19/h1-15H,16H2,(H,27,29)(H,28,30)(H2,26,31,32). The van der Waals surface area contributed by atoms with Gasteiger partial charge in [0.05, 0.1) is 10.6 Å². The van der Waals surface area contributed by atoms with Crippen LogP contribution in [0.15, 0.2) is 101 Å². The fourth-order valence-corrected chi connectivity index (χ4v) is 4.54. The van der Waals surface area contributed by atoms with Crippen molar-refractivity contribution in [3.05, 3.63) is 96.6 Å². The Kier molecular flexibility index (Phi) is 6.97. The lowest BCUT2D eigenvalue weighted by atomic mass is 10.1. The van der Waals surface area contributed by atoms with E-state index in [1.54, 1.807) is 18.2 Å². The summed E-state index contributed by atoms with van der Waals surface area (Å²) in [6.45, 7) is 0. The first-order valence-corrected chi connectivity index (χ1v) is 12.8. The summed E-state index contributed by atoms with van der Waals surface area (Å²) in [5.74, 6) is -0.327. The highest BCUT2D eigenvalue weighted by atomic mass is 32.2. The third kappa shape index (κ3) is 6.02. The molecule has 0 saturated heterocycles. The predicted molar refractivity (Wildman–Crippen MR) is 136 cm³/mol. The van der Waals surface area contributed by atoms with Gasteiger partial charge in [-0.25, -0.2) is 13.6 Å². The number of carbonyl (C=O) groups excluding carboxylic acids is 2. The number of fused-ring (bicyclic) bond motifs is 1. The van der Waals surface area contributed by atoms with Crippen molar-refractivity contribution in [2.24, 2.45) is 5.14 Å². The molecule has 0 bridgehead atoms. The minimum absolute atomic E-state index is 0.0255. The first kappa shape index (κ1) is 23.5. The number of hydrogen-bond donors (Lipinski definition) is 3. The third-order valence-electron chi connectivity index (χ3n) is 4.94. The number of hydrogen-bond acceptors (Lipinski definition) is 5. The molecule has 4 N–H and O–H groups in total. The van der Waals surface area contributed by atoms with Crippen LogP contribution in [0.2, 0.25) is 0 Å². The normalized spacial score (nSPS) is 11.2. The molecule has 34 heavy (non-hydrogen) atoms. The molecular formula is C25H21N3O4S2. The minimum atomic E-state index is -3.78. The maximum atomic E-state index is 12.7. The molecule has 2 amide bonds. The van der Waals surface area contributed by atoms with E-state index >= 15 is 0 Å². The van der Waals surface area contributed by atoms with Gasteiger partial charge in [0.15, 0.2) is 0 Å². The molecule has 0 aliphatic rings. The molecular weight excluding hydrogens is 470 g/mol. The highest BCUT2D eigenvalue weighted by molar-refractivity contribution is 8.00. The Bertz CT molecular complexity index is 1470. The number of sulfonamides is 1. The zero-order chi connectivity index (χ0) is 24.1. The highest BCUT2D eigenvalue weighted by Crippen LogP contribution is 2.23. The van der Waals surface area contributed by atoms with Crippen LogP contribution in [0.25, 0.3) is 10.8 Å². The van der Waals surface area contributed by atoms with Gasteiger partial charge in [0.2, 0.25) is 15.9 Å². The van der Waals surface area contributed by atoms with Crippen LogP contribution in [-0.2, 0) is 14.8 Å². The van der Waals surface area contributed by atoms with Gasteiger partial charge < -0.3 is 10.6 Å². The summed E-state index contributed by atoms with van der Waals surface area (Å²) < 4.78 is 22.6. The number of thioether (sulfide) groups is 1. The maximum Gasteiger partial charge on any atom is 0.255 e. The molecule has 4 aromatic carbocycles. The Hall–Kier alpha value is -3.66. The van der Waals surface area contributed by atoms with Crippen molar-refractivity contribution in [2.45, 2.75) is 9.79 Å². The fourth-order valence-electron chi connectivity index (χ4n) is 3.27. The third-order valence-corrected chi connectivity index (χ3v) is 6.86. The van der Waals surface area contributed by atoms with Gasteiger partial charge in [-0.15, -0.1) is 11.8 Å². The maximum absolute atomic E-state index is 12.7. The van der Waals surface area contributed by atoms with Crippen LogP contribution in [0, 0.1) is 0 Å². The van der Waals surface area contributed by atoms with Crippen molar-refractivity contribution in [3.63, 3.8) is 0 Å². The average Bonchev–Trinajstić information content (AvgIpc) is 2.82. The van der Waals surface area contributed by atoms with E-state index in [-0.39, 0.29) is 22.5 Å². The molecule has 0 aliphatic carbocycles. The van der Waals surface area contributed by atoms with E-state index in [1.165, 1.54) is 36.0 Å². The first-order chi connectivity index (χ1) is 16.3. The molecule has 172 valence electrons.